The lowest BCUT2D eigenvalue weighted by Gasteiger charge is -1.99. The second kappa shape index (κ2) is 3.46. The van der Waals surface area contributed by atoms with E-state index in [1.807, 2.05) is 0 Å². The molecule has 0 aliphatic carbocycles. The molecule has 0 unspecified atom stereocenters. The maximum absolute atomic E-state index is 13.2. The van der Waals surface area contributed by atoms with Crippen molar-refractivity contribution in [2.75, 3.05) is 0 Å². The van der Waals surface area contributed by atoms with Crippen molar-refractivity contribution in [2.24, 2.45) is 0 Å². The molecule has 0 saturated heterocycles. The van der Waals surface area contributed by atoms with Crippen molar-refractivity contribution in [1.29, 1.82) is 5.26 Å². The van der Waals surface area contributed by atoms with Crippen LogP contribution in [0.15, 0.2) is 18.3 Å². The fourth-order valence-electron chi connectivity index (χ4n) is 1.17. The lowest BCUT2D eigenvalue weighted by molar-refractivity contribution is 0.577. The number of hydrogen-bond donors (Lipinski definition) is 1. The van der Waals surface area contributed by atoms with Crippen molar-refractivity contribution in [1.82, 2.24) is 15.4 Å². The van der Waals surface area contributed by atoms with Crippen LogP contribution in [-0.2, 0) is 0 Å². The van der Waals surface area contributed by atoms with E-state index in [4.69, 9.17) is 5.26 Å². The molecule has 2 rings (SSSR count). The summed E-state index contributed by atoms with van der Waals surface area (Å²) in [6.07, 6.45) is 1.33. The Morgan fingerprint density at radius 2 is 1.93 bits per heavy atom. The number of nitriles is 1. The van der Waals surface area contributed by atoms with E-state index in [2.05, 4.69) is 15.4 Å². The van der Waals surface area contributed by atoms with Crippen LogP contribution in [0.3, 0.4) is 0 Å². The van der Waals surface area contributed by atoms with Crippen LogP contribution in [0.2, 0.25) is 0 Å². The Labute approximate surface area is 83.2 Å². The molecule has 1 N–H and O–H groups in total. The molecule has 1 aromatic heterocycles. The summed E-state index contributed by atoms with van der Waals surface area (Å²) in [5.74, 6) is -1.81. The van der Waals surface area contributed by atoms with Crippen LogP contribution in [0.4, 0.5) is 8.78 Å². The molecule has 0 saturated carbocycles. The number of aromatic nitrogens is 3. The molecule has 6 heteroatoms. The molecule has 0 amide bonds. The van der Waals surface area contributed by atoms with Crippen LogP contribution in [0.1, 0.15) is 5.56 Å². The van der Waals surface area contributed by atoms with Gasteiger partial charge in [0.15, 0.2) is 0 Å². The average Bonchev–Trinajstić information content (AvgIpc) is 2.69. The van der Waals surface area contributed by atoms with Gasteiger partial charge in [0.2, 0.25) is 0 Å². The molecule has 1 heterocycles. The highest BCUT2D eigenvalue weighted by atomic mass is 19.1. The smallest absolute Gasteiger partial charge is 0.144 e. The summed E-state index contributed by atoms with van der Waals surface area (Å²) in [5.41, 5.74) is -0.0442. The minimum Gasteiger partial charge on any atom is -0.205 e. The second-order valence-corrected chi connectivity index (χ2v) is 2.78. The molecule has 0 fully saturated rings. The summed E-state index contributed by atoms with van der Waals surface area (Å²) >= 11 is 0. The van der Waals surface area contributed by atoms with Crippen molar-refractivity contribution in [3.63, 3.8) is 0 Å². The van der Waals surface area contributed by atoms with Crippen LogP contribution >= 0.6 is 0 Å². The number of halogens is 2. The number of rotatable bonds is 1. The quantitative estimate of drug-likeness (QED) is 0.770. The first-order valence-corrected chi connectivity index (χ1v) is 3.97. The van der Waals surface area contributed by atoms with Gasteiger partial charge in [-0.15, -0.1) is 0 Å². The minimum absolute atomic E-state index is 0.234. The Hall–Kier alpha value is -2.29. The molecule has 1 aromatic carbocycles. The zero-order valence-electron chi connectivity index (χ0n) is 7.33. The molecule has 0 bridgehead atoms. The van der Waals surface area contributed by atoms with Crippen LogP contribution < -0.4 is 0 Å². The summed E-state index contributed by atoms with van der Waals surface area (Å²) in [4.78, 5) is 0. The van der Waals surface area contributed by atoms with E-state index >= 15 is 0 Å². The monoisotopic (exact) mass is 206 g/mol. The van der Waals surface area contributed by atoms with Crippen molar-refractivity contribution in [2.45, 2.75) is 0 Å². The molecule has 0 aliphatic rings. The number of nitrogens with zero attached hydrogens (tertiary/aromatic N) is 3. The van der Waals surface area contributed by atoms with Gasteiger partial charge in [-0.3, -0.25) is 0 Å². The normalized spacial score (nSPS) is 9.93. The Bertz CT molecular complexity index is 505. The predicted molar refractivity (Wildman–Crippen MR) is 46.4 cm³/mol. The third kappa shape index (κ3) is 1.55. The Kier molecular flexibility index (Phi) is 2.14. The average molecular weight is 206 g/mol. The zero-order valence-corrected chi connectivity index (χ0v) is 7.33. The first-order valence-electron chi connectivity index (χ1n) is 3.97. The van der Waals surface area contributed by atoms with E-state index in [0.29, 0.717) is 5.69 Å². The summed E-state index contributed by atoms with van der Waals surface area (Å²) < 4.78 is 26.4. The van der Waals surface area contributed by atoms with E-state index in [9.17, 15) is 8.78 Å². The van der Waals surface area contributed by atoms with Gasteiger partial charge in [0.25, 0.3) is 0 Å². The fraction of sp³-hybridized carbons (Fsp3) is 0. The number of hydrogen-bond acceptors (Lipinski definition) is 3. The maximum Gasteiger partial charge on any atom is 0.144 e. The Morgan fingerprint density at radius 3 is 2.40 bits per heavy atom. The number of aromatic amines is 1. The van der Waals surface area contributed by atoms with Crippen LogP contribution in [0.25, 0.3) is 11.3 Å². The molecule has 0 atom stereocenters. The first-order chi connectivity index (χ1) is 7.22. The lowest BCUT2D eigenvalue weighted by atomic mass is 10.1. The fourth-order valence-corrected chi connectivity index (χ4v) is 1.17. The minimum atomic E-state index is -0.907. The van der Waals surface area contributed by atoms with Crippen molar-refractivity contribution >= 4 is 0 Å². The summed E-state index contributed by atoms with van der Waals surface area (Å²) in [6, 6.07) is 3.52. The van der Waals surface area contributed by atoms with Gasteiger partial charge in [-0.1, -0.05) is 0 Å². The molecule has 2 aromatic rings. The van der Waals surface area contributed by atoms with Gasteiger partial charge in [-0.05, 0) is 12.1 Å². The van der Waals surface area contributed by atoms with E-state index < -0.39 is 17.2 Å². The largest absolute Gasteiger partial charge is 0.205 e. The van der Waals surface area contributed by atoms with Gasteiger partial charge in [-0.2, -0.15) is 20.7 Å². The van der Waals surface area contributed by atoms with Crippen LogP contribution in [0, 0.1) is 23.0 Å². The van der Waals surface area contributed by atoms with Crippen molar-refractivity contribution in [3.05, 3.63) is 35.5 Å². The molecule has 0 aliphatic heterocycles. The third-order valence-electron chi connectivity index (χ3n) is 1.86. The maximum atomic E-state index is 13.2. The van der Waals surface area contributed by atoms with Gasteiger partial charge < -0.3 is 0 Å². The van der Waals surface area contributed by atoms with E-state index in [0.717, 1.165) is 12.1 Å². The van der Waals surface area contributed by atoms with E-state index in [1.165, 1.54) is 12.3 Å². The Morgan fingerprint density at radius 1 is 1.27 bits per heavy atom. The second-order valence-electron chi connectivity index (χ2n) is 2.78. The van der Waals surface area contributed by atoms with E-state index in [-0.39, 0.29) is 5.56 Å². The van der Waals surface area contributed by atoms with Crippen LogP contribution in [-0.4, -0.2) is 15.4 Å². The number of nitrogens with one attached hydrogen (secondary N) is 1. The standard InChI is InChI=1S/C9H4F2N4/c10-7-1-5(9-4-13-15-14-9)2-8(11)6(7)3-12/h1-2,4H,(H,13,14,15). The van der Waals surface area contributed by atoms with Gasteiger partial charge in [-0.25, -0.2) is 8.78 Å². The summed E-state index contributed by atoms with van der Waals surface area (Å²) in [5, 5.41) is 18.0. The topological polar surface area (TPSA) is 65.4 Å². The van der Waals surface area contributed by atoms with Gasteiger partial charge >= 0.3 is 0 Å². The number of H-pyrrole nitrogens is 1. The molecule has 0 spiro atoms. The van der Waals surface area contributed by atoms with Crippen molar-refractivity contribution < 1.29 is 8.78 Å². The Balaban J connectivity index is 2.59. The van der Waals surface area contributed by atoms with Gasteiger partial charge in [0, 0.05) is 5.56 Å². The highest BCUT2D eigenvalue weighted by molar-refractivity contribution is 5.59. The number of benzene rings is 1. The highest BCUT2D eigenvalue weighted by Gasteiger charge is 2.12. The molecule has 0 radical (unpaired) electrons. The summed E-state index contributed by atoms with van der Waals surface area (Å²) in [6.45, 7) is 0. The highest BCUT2D eigenvalue weighted by Crippen LogP contribution is 2.21. The van der Waals surface area contributed by atoms with Gasteiger partial charge in [0.1, 0.15) is 29.0 Å². The summed E-state index contributed by atoms with van der Waals surface area (Å²) in [7, 11) is 0. The molecular weight excluding hydrogens is 202 g/mol. The van der Waals surface area contributed by atoms with E-state index in [1.54, 1.807) is 0 Å². The van der Waals surface area contributed by atoms with Gasteiger partial charge in [0.05, 0.1) is 6.20 Å². The molecule has 4 nitrogen and oxygen atoms in total. The molecular formula is C9H4F2N4. The SMILES string of the molecule is N#Cc1c(F)cc(-c2cn[nH]n2)cc1F. The first kappa shape index (κ1) is 9.27. The molecule has 74 valence electrons. The predicted octanol–water partition coefficient (Wildman–Crippen LogP) is 1.62. The zero-order chi connectivity index (χ0) is 10.8. The van der Waals surface area contributed by atoms with Crippen molar-refractivity contribution in [3.8, 4) is 17.3 Å². The lowest BCUT2D eigenvalue weighted by Crippen LogP contribution is -1.92. The third-order valence-corrected chi connectivity index (χ3v) is 1.86. The molecule has 15 heavy (non-hydrogen) atoms. The van der Waals surface area contributed by atoms with Crippen LogP contribution in [0.5, 0.6) is 0 Å².